The molecule has 0 unspecified atom stereocenters. The minimum atomic E-state index is -1.99. The zero-order valence-corrected chi connectivity index (χ0v) is 19.9. The third kappa shape index (κ3) is 5.55. The number of hydrogen-bond acceptors (Lipinski definition) is 5. The van der Waals surface area contributed by atoms with Gasteiger partial charge in [-0.3, -0.25) is 0 Å². The van der Waals surface area contributed by atoms with Crippen molar-refractivity contribution in [2.75, 3.05) is 12.9 Å². The van der Waals surface area contributed by atoms with Crippen LogP contribution in [0.5, 0.6) is 0 Å². The highest BCUT2D eigenvalue weighted by molar-refractivity contribution is 7.98. The Hall–Kier alpha value is -0.403. The fourth-order valence-electron chi connectivity index (χ4n) is 2.28. The summed E-state index contributed by atoms with van der Waals surface area (Å²) in [7, 11) is -1.99. The third-order valence-electron chi connectivity index (χ3n) is 5.33. The van der Waals surface area contributed by atoms with E-state index < -0.39 is 19.8 Å². The number of rotatable bonds is 8. The zero-order valence-electron chi connectivity index (χ0n) is 17.3. The Bertz CT molecular complexity index is 649. The molecule has 26 heavy (non-hydrogen) atoms. The first-order valence-electron chi connectivity index (χ1n) is 8.78. The first kappa shape index (κ1) is 23.6. The van der Waals surface area contributed by atoms with Gasteiger partial charge in [0.1, 0.15) is 5.15 Å². The van der Waals surface area contributed by atoms with Crippen LogP contribution in [0.3, 0.4) is 0 Å². The maximum Gasteiger partial charge on any atom is 0.192 e. The standard InChI is InChI=1S/C19H33ClN2O2SSi/c1-13(2)10-15(23)19(6,12-24-26(8,9)18(3,4)5)14-11-21-17(25-7)22-16(14)20/h11,15,23H,1,10,12H2,2-9H3/t15-,19-/m1/s1. The van der Waals surface area contributed by atoms with Gasteiger partial charge in [0.15, 0.2) is 13.5 Å². The van der Waals surface area contributed by atoms with Crippen LogP contribution in [0.1, 0.15) is 46.6 Å². The van der Waals surface area contributed by atoms with Crippen molar-refractivity contribution >= 4 is 31.7 Å². The van der Waals surface area contributed by atoms with E-state index >= 15 is 0 Å². The predicted molar refractivity (Wildman–Crippen MR) is 115 cm³/mol. The van der Waals surface area contributed by atoms with Gasteiger partial charge in [-0.05, 0) is 37.7 Å². The number of halogens is 1. The lowest BCUT2D eigenvalue weighted by Crippen LogP contribution is -2.48. The molecule has 0 aliphatic rings. The van der Waals surface area contributed by atoms with Gasteiger partial charge in [-0.15, -0.1) is 6.58 Å². The van der Waals surface area contributed by atoms with Crippen molar-refractivity contribution in [1.29, 1.82) is 0 Å². The highest BCUT2D eigenvalue weighted by Crippen LogP contribution is 2.40. The second-order valence-electron chi connectivity index (χ2n) is 8.70. The fraction of sp³-hybridized carbons (Fsp3) is 0.684. The maximum absolute atomic E-state index is 11.0. The molecule has 0 fully saturated rings. The number of hydrogen-bond donors (Lipinski definition) is 1. The summed E-state index contributed by atoms with van der Waals surface area (Å²) in [6.45, 7) is 19.2. The smallest absolute Gasteiger partial charge is 0.192 e. The summed E-state index contributed by atoms with van der Waals surface area (Å²) in [5.74, 6) is 0. The van der Waals surface area contributed by atoms with Crippen LogP contribution >= 0.6 is 23.4 Å². The van der Waals surface area contributed by atoms with E-state index in [0.29, 0.717) is 28.9 Å². The van der Waals surface area contributed by atoms with E-state index in [4.69, 9.17) is 16.0 Å². The van der Waals surface area contributed by atoms with Gasteiger partial charge < -0.3 is 9.53 Å². The summed E-state index contributed by atoms with van der Waals surface area (Å²) < 4.78 is 6.46. The summed E-state index contributed by atoms with van der Waals surface area (Å²) in [5.41, 5.74) is 0.904. The molecule has 7 heteroatoms. The van der Waals surface area contributed by atoms with Crippen LogP contribution in [-0.4, -0.2) is 42.4 Å². The summed E-state index contributed by atoms with van der Waals surface area (Å²) in [6.07, 6.45) is 3.41. The van der Waals surface area contributed by atoms with Gasteiger partial charge in [0.05, 0.1) is 6.10 Å². The molecule has 1 N–H and O–H groups in total. The number of nitrogens with zero attached hydrogens (tertiary/aromatic N) is 2. The third-order valence-corrected chi connectivity index (χ3v) is 10.7. The van der Waals surface area contributed by atoms with Crippen molar-refractivity contribution < 1.29 is 9.53 Å². The van der Waals surface area contributed by atoms with E-state index in [9.17, 15) is 5.11 Å². The van der Waals surface area contributed by atoms with Crippen molar-refractivity contribution in [1.82, 2.24) is 9.97 Å². The maximum atomic E-state index is 11.0. The second kappa shape index (κ2) is 8.74. The van der Waals surface area contributed by atoms with Crippen molar-refractivity contribution in [3.05, 3.63) is 29.1 Å². The van der Waals surface area contributed by atoms with E-state index in [1.807, 2.05) is 20.1 Å². The summed E-state index contributed by atoms with van der Waals surface area (Å²) in [6, 6.07) is 0. The molecular weight excluding hydrogens is 384 g/mol. The highest BCUT2D eigenvalue weighted by atomic mass is 35.5. The number of thioether (sulfide) groups is 1. The fourth-order valence-corrected chi connectivity index (χ4v) is 4.11. The predicted octanol–water partition coefficient (Wildman–Crippen LogP) is 5.46. The lowest BCUT2D eigenvalue weighted by atomic mass is 9.77. The quantitative estimate of drug-likeness (QED) is 0.200. The Labute approximate surface area is 168 Å². The molecule has 0 amide bonds. The van der Waals surface area contributed by atoms with Crippen LogP contribution in [0.25, 0.3) is 0 Å². The van der Waals surface area contributed by atoms with Gasteiger partial charge in [-0.25, -0.2) is 9.97 Å². The van der Waals surface area contributed by atoms with Crippen LogP contribution in [0, 0.1) is 0 Å². The molecule has 4 nitrogen and oxygen atoms in total. The molecule has 0 aliphatic heterocycles. The monoisotopic (exact) mass is 416 g/mol. The van der Waals surface area contributed by atoms with E-state index in [1.165, 1.54) is 11.8 Å². The Balaban J connectivity index is 3.29. The molecule has 0 saturated carbocycles. The molecule has 1 aromatic rings. The SMILES string of the molecule is C=C(C)C[C@@H](O)[C@](C)(CO[Si](C)(C)C(C)(C)C)c1cnc(SC)nc1Cl. The van der Waals surface area contributed by atoms with E-state index in [1.54, 1.807) is 6.20 Å². The van der Waals surface area contributed by atoms with Gasteiger partial charge in [0.2, 0.25) is 0 Å². The molecule has 0 bridgehead atoms. The molecule has 0 radical (unpaired) electrons. The lowest BCUT2D eigenvalue weighted by molar-refractivity contribution is 0.0516. The van der Waals surface area contributed by atoms with Gasteiger partial charge in [0, 0.05) is 23.8 Å². The van der Waals surface area contributed by atoms with Crippen LogP contribution in [0.2, 0.25) is 23.3 Å². The minimum Gasteiger partial charge on any atom is -0.416 e. The molecule has 0 spiro atoms. The average molecular weight is 417 g/mol. The van der Waals surface area contributed by atoms with E-state index in [0.717, 1.165) is 5.57 Å². The van der Waals surface area contributed by atoms with Crippen LogP contribution in [-0.2, 0) is 9.84 Å². The van der Waals surface area contributed by atoms with Gasteiger partial charge in [-0.2, -0.15) is 0 Å². The van der Waals surface area contributed by atoms with Crippen LogP contribution < -0.4 is 0 Å². The molecule has 148 valence electrons. The number of aliphatic hydroxyl groups is 1. The summed E-state index contributed by atoms with van der Waals surface area (Å²) in [5, 5.41) is 12.1. The largest absolute Gasteiger partial charge is 0.416 e. The van der Waals surface area contributed by atoms with Crippen molar-refractivity contribution in [3.63, 3.8) is 0 Å². The first-order chi connectivity index (χ1) is 11.7. The van der Waals surface area contributed by atoms with Gasteiger partial charge in [0.25, 0.3) is 0 Å². The normalized spacial score (nSPS) is 16.2. The zero-order chi connectivity index (χ0) is 20.3. The minimum absolute atomic E-state index is 0.0796. The number of aromatic nitrogens is 2. The van der Waals surface area contributed by atoms with Crippen molar-refractivity contribution in [2.24, 2.45) is 0 Å². The molecular formula is C19H33ClN2O2SSi. The van der Waals surface area contributed by atoms with Crippen LogP contribution in [0.4, 0.5) is 0 Å². The average Bonchev–Trinajstić information content (AvgIpc) is 2.50. The summed E-state index contributed by atoms with van der Waals surface area (Å²) in [4.78, 5) is 8.72. The molecule has 0 saturated heterocycles. The highest BCUT2D eigenvalue weighted by Gasteiger charge is 2.43. The summed E-state index contributed by atoms with van der Waals surface area (Å²) >= 11 is 7.91. The Morgan fingerprint density at radius 2 is 1.96 bits per heavy atom. The Morgan fingerprint density at radius 3 is 2.38 bits per heavy atom. The molecule has 1 heterocycles. The second-order valence-corrected chi connectivity index (χ2v) is 14.6. The van der Waals surface area contributed by atoms with Gasteiger partial charge in [-0.1, -0.05) is 56.6 Å². The lowest BCUT2D eigenvalue weighted by Gasteiger charge is -2.42. The topological polar surface area (TPSA) is 55.2 Å². The van der Waals surface area contributed by atoms with Crippen molar-refractivity contribution in [2.45, 2.75) is 75.8 Å². The molecule has 0 aromatic carbocycles. The molecule has 2 atom stereocenters. The number of aliphatic hydroxyl groups excluding tert-OH is 1. The van der Waals surface area contributed by atoms with Gasteiger partial charge >= 0.3 is 0 Å². The molecule has 0 aliphatic carbocycles. The molecule has 1 aromatic heterocycles. The Kier molecular flexibility index (Phi) is 7.94. The molecule has 1 rings (SSSR count). The van der Waals surface area contributed by atoms with Crippen LogP contribution in [0.15, 0.2) is 23.5 Å². The first-order valence-corrected chi connectivity index (χ1v) is 13.3. The Morgan fingerprint density at radius 1 is 1.38 bits per heavy atom. The van der Waals surface area contributed by atoms with Crippen molar-refractivity contribution in [3.8, 4) is 0 Å². The van der Waals surface area contributed by atoms with E-state index in [-0.39, 0.29) is 5.04 Å². The van der Waals surface area contributed by atoms with E-state index in [2.05, 4.69) is 50.4 Å².